The van der Waals surface area contributed by atoms with Crippen molar-refractivity contribution < 1.29 is 4.79 Å². The second kappa shape index (κ2) is 4.82. The fraction of sp³-hybridized carbons (Fsp3) is 0.133. The molecule has 0 radical (unpaired) electrons. The zero-order chi connectivity index (χ0) is 14.2. The van der Waals surface area contributed by atoms with Gasteiger partial charge in [-0.3, -0.25) is 14.3 Å². The number of nitrogens with one attached hydrogen (secondary N) is 1. The van der Waals surface area contributed by atoms with E-state index in [4.69, 9.17) is 0 Å². The number of anilines is 1. The summed E-state index contributed by atoms with van der Waals surface area (Å²) in [5.74, 6) is 0.802. The molecule has 3 aromatic heterocycles. The fourth-order valence-corrected chi connectivity index (χ4v) is 3.45. The van der Waals surface area contributed by atoms with Gasteiger partial charge in [0.2, 0.25) is 5.91 Å². The molecule has 21 heavy (non-hydrogen) atoms. The van der Waals surface area contributed by atoms with Crippen LogP contribution in [0.4, 0.5) is 5.82 Å². The Balaban J connectivity index is 1.84. The molecular formula is C15H12N4OS. The van der Waals surface area contributed by atoms with Gasteiger partial charge in [0.25, 0.3) is 0 Å². The molecule has 0 unspecified atom stereocenters. The number of carbonyl (C=O) groups is 1. The molecule has 0 fully saturated rings. The molecule has 0 bridgehead atoms. The Morgan fingerprint density at radius 3 is 3.05 bits per heavy atom. The van der Waals surface area contributed by atoms with Crippen LogP contribution in [0.25, 0.3) is 5.69 Å². The van der Waals surface area contributed by atoms with E-state index in [1.54, 1.807) is 30.1 Å². The zero-order valence-electron chi connectivity index (χ0n) is 11.1. The first-order valence-corrected chi connectivity index (χ1v) is 7.52. The number of hydrogen-bond donors (Lipinski definition) is 1. The van der Waals surface area contributed by atoms with Crippen molar-refractivity contribution in [1.29, 1.82) is 0 Å². The topological polar surface area (TPSA) is 59.8 Å². The van der Waals surface area contributed by atoms with Crippen LogP contribution >= 0.6 is 11.3 Å². The average Bonchev–Trinajstić information content (AvgIpc) is 3.17. The van der Waals surface area contributed by atoms with Crippen LogP contribution in [0.5, 0.6) is 0 Å². The quantitative estimate of drug-likeness (QED) is 0.791. The molecule has 4 rings (SSSR count). The third-order valence-corrected chi connectivity index (χ3v) is 4.57. The van der Waals surface area contributed by atoms with Gasteiger partial charge >= 0.3 is 0 Å². The maximum absolute atomic E-state index is 12.0. The summed E-state index contributed by atoms with van der Waals surface area (Å²) in [7, 11) is 0. The summed E-state index contributed by atoms with van der Waals surface area (Å²) >= 11 is 1.66. The van der Waals surface area contributed by atoms with E-state index in [1.165, 1.54) is 4.88 Å². The minimum Gasteiger partial charge on any atom is -0.310 e. The second-order valence-electron chi connectivity index (χ2n) is 4.88. The van der Waals surface area contributed by atoms with Crippen LogP contribution in [-0.4, -0.2) is 20.4 Å². The molecule has 104 valence electrons. The number of thiophene rings is 1. The Labute approximate surface area is 125 Å². The Morgan fingerprint density at radius 1 is 1.33 bits per heavy atom. The standard InChI is InChI=1S/C15H12N4OS/c20-13-7-11(12-4-2-6-21-12)14-15(18-13)19(9-17-14)10-3-1-5-16-8-10/h1-6,8-9,11H,7H2,(H,18,20)/t11-/m0/s1. The number of fused-ring (bicyclic) bond motifs is 1. The molecule has 4 heterocycles. The first-order chi connectivity index (χ1) is 10.3. The molecule has 0 spiro atoms. The van der Waals surface area contributed by atoms with Gasteiger partial charge in [-0.25, -0.2) is 4.98 Å². The lowest BCUT2D eigenvalue weighted by atomic mass is 9.96. The number of imidazole rings is 1. The number of nitrogens with zero attached hydrogens (tertiary/aromatic N) is 3. The molecule has 0 aliphatic carbocycles. The van der Waals surface area contributed by atoms with Gasteiger partial charge in [-0.05, 0) is 23.6 Å². The van der Waals surface area contributed by atoms with Crippen LogP contribution in [0.1, 0.15) is 22.9 Å². The zero-order valence-corrected chi connectivity index (χ0v) is 11.9. The van der Waals surface area contributed by atoms with Crippen molar-refractivity contribution in [2.45, 2.75) is 12.3 Å². The number of aromatic nitrogens is 3. The molecule has 1 amide bonds. The van der Waals surface area contributed by atoms with Crippen LogP contribution < -0.4 is 5.32 Å². The lowest BCUT2D eigenvalue weighted by molar-refractivity contribution is -0.116. The number of hydrogen-bond acceptors (Lipinski definition) is 4. The van der Waals surface area contributed by atoms with Gasteiger partial charge in [0.1, 0.15) is 12.1 Å². The highest BCUT2D eigenvalue weighted by molar-refractivity contribution is 7.10. The number of pyridine rings is 1. The molecule has 0 aromatic carbocycles. The summed E-state index contributed by atoms with van der Waals surface area (Å²) in [5.41, 5.74) is 1.80. The highest BCUT2D eigenvalue weighted by Crippen LogP contribution is 2.38. The monoisotopic (exact) mass is 296 g/mol. The molecule has 1 aliphatic heterocycles. The van der Waals surface area contributed by atoms with Crippen molar-refractivity contribution in [3.05, 3.63) is 58.9 Å². The van der Waals surface area contributed by atoms with E-state index < -0.39 is 0 Å². The van der Waals surface area contributed by atoms with Crippen molar-refractivity contribution in [1.82, 2.24) is 14.5 Å². The minimum atomic E-state index is 0.0199. The Morgan fingerprint density at radius 2 is 2.29 bits per heavy atom. The number of amides is 1. The van der Waals surface area contributed by atoms with E-state index in [0.29, 0.717) is 6.42 Å². The minimum absolute atomic E-state index is 0.0199. The van der Waals surface area contributed by atoms with Gasteiger partial charge in [0.15, 0.2) is 0 Å². The molecule has 1 aliphatic rings. The first-order valence-electron chi connectivity index (χ1n) is 6.64. The molecule has 5 nitrogen and oxygen atoms in total. The predicted octanol–water partition coefficient (Wildman–Crippen LogP) is 2.80. The first kappa shape index (κ1) is 12.3. The fourth-order valence-electron chi connectivity index (χ4n) is 2.62. The van der Waals surface area contributed by atoms with Gasteiger partial charge in [-0.1, -0.05) is 6.07 Å². The maximum Gasteiger partial charge on any atom is 0.226 e. The average molecular weight is 296 g/mol. The molecule has 0 saturated carbocycles. The maximum atomic E-state index is 12.0. The third-order valence-electron chi connectivity index (χ3n) is 3.58. The lowest BCUT2D eigenvalue weighted by Crippen LogP contribution is -2.24. The summed E-state index contributed by atoms with van der Waals surface area (Å²) in [6.45, 7) is 0. The van der Waals surface area contributed by atoms with Crippen molar-refractivity contribution in [3.8, 4) is 5.69 Å². The van der Waals surface area contributed by atoms with Crippen molar-refractivity contribution in [2.24, 2.45) is 0 Å². The van der Waals surface area contributed by atoms with Crippen molar-refractivity contribution in [3.63, 3.8) is 0 Å². The van der Waals surface area contributed by atoms with Gasteiger partial charge in [0, 0.05) is 23.4 Å². The van der Waals surface area contributed by atoms with E-state index in [2.05, 4.69) is 21.4 Å². The van der Waals surface area contributed by atoms with Crippen LogP contribution in [0.3, 0.4) is 0 Å². The third kappa shape index (κ3) is 2.04. The van der Waals surface area contributed by atoms with Crippen LogP contribution in [0, 0.1) is 0 Å². The van der Waals surface area contributed by atoms with Gasteiger partial charge in [0.05, 0.1) is 17.6 Å². The smallest absolute Gasteiger partial charge is 0.226 e. The second-order valence-corrected chi connectivity index (χ2v) is 5.86. The SMILES string of the molecule is O=C1C[C@@H](c2cccs2)c2ncn(-c3cccnc3)c2N1. The Bertz CT molecular complexity index is 779. The van der Waals surface area contributed by atoms with E-state index in [9.17, 15) is 4.79 Å². The molecule has 1 N–H and O–H groups in total. The molecule has 0 saturated heterocycles. The number of carbonyl (C=O) groups excluding carboxylic acids is 1. The van der Waals surface area contributed by atoms with Gasteiger partial charge in [-0.2, -0.15) is 0 Å². The van der Waals surface area contributed by atoms with Gasteiger partial charge < -0.3 is 5.32 Å². The van der Waals surface area contributed by atoms with Crippen molar-refractivity contribution in [2.75, 3.05) is 5.32 Å². The molecule has 1 atom stereocenters. The Kier molecular flexibility index (Phi) is 2.82. The number of rotatable bonds is 2. The lowest BCUT2D eigenvalue weighted by Gasteiger charge is -2.22. The molecule has 6 heteroatoms. The van der Waals surface area contributed by atoms with Crippen molar-refractivity contribution >= 4 is 23.1 Å². The van der Waals surface area contributed by atoms with Crippen LogP contribution in [0.2, 0.25) is 0 Å². The van der Waals surface area contributed by atoms with E-state index in [-0.39, 0.29) is 11.8 Å². The largest absolute Gasteiger partial charge is 0.310 e. The van der Waals surface area contributed by atoms with E-state index in [0.717, 1.165) is 17.2 Å². The van der Waals surface area contributed by atoms with E-state index in [1.807, 2.05) is 28.1 Å². The normalized spacial score (nSPS) is 17.3. The summed E-state index contributed by atoms with van der Waals surface area (Å²) in [6.07, 6.45) is 5.66. The van der Waals surface area contributed by atoms with Crippen LogP contribution in [0.15, 0.2) is 48.4 Å². The summed E-state index contributed by atoms with van der Waals surface area (Å²) in [4.78, 5) is 21.9. The predicted molar refractivity (Wildman–Crippen MR) is 80.8 cm³/mol. The van der Waals surface area contributed by atoms with Gasteiger partial charge in [-0.15, -0.1) is 11.3 Å². The summed E-state index contributed by atoms with van der Waals surface area (Å²) in [5, 5.41) is 4.96. The summed E-state index contributed by atoms with van der Waals surface area (Å²) in [6, 6.07) is 7.87. The Hall–Kier alpha value is -2.47. The van der Waals surface area contributed by atoms with E-state index >= 15 is 0 Å². The highest BCUT2D eigenvalue weighted by Gasteiger charge is 2.31. The highest BCUT2D eigenvalue weighted by atomic mass is 32.1. The van der Waals surface area contributed by atoms with Crippen LogP contribution in [-0.2, 0) is 4.79 Å². The molecule has 3 aromatic rings. The summed E-state index contributed by atoms with van der Waals surface area (Å²) < 4.78 is 1.88. The molecular weight excluding hydrogens is 284 g/mol.